The molecule has 1 heterocycles. The van der Waals surface area contributed by atoms with Crippen LogP contribution in [0.4, 0.5) is 0 Å². The fourth-order valence-electron chi connectivity index (χ4n) is 4.83. The Kier molecular flexibility index (Phi) is 1.96. The van der Waals surface area contributed by atoms with Crippen LogP contribution in [-0.4, -0.2) is 13.1 Å². The molecule has 1 aliphatic heterocycles. The Hall–Kier alpha value is -0.0400. The van der Waals surface area contributed by atoms with E-state index in [9.17, 15) is 0 Å². The lowest BCUT2D eigenvalue weighted by molar-refractivity contribution is -0.133. The molecule has 2 saturated carbocycles. The van der Waals surface area contributed by atoms with Gasteiger partial charge in [-0.1, -0.05) is 19.8 Å². The fourth-order valence-corrected chi connectivity index (χ4v) is 4.83. The van der Waals surface area contributed by atoms with Crippen LogP contribution in [0.15, 0.2) is 0 Å². The highest BCUT2D eigenvalue weighted by molar-refractivity contribution is 5.11. The maximum atomic E-state index is 3.56. The van der Waals surface area contributed by atoms with Crippen LogP contribution in [0.1, 0.15) is 51.9 Å². The van der Waals surface area contributed by atoms with Crippen molar-refractivity contribution in [2.45, 2.75) is 51.9 Å². The average molecular weight is 193 g/mol. The molecule has 1 heteroatoms. The first-order chi connectivity index (χ1) is 6.79. The molecule has 0 radical (unpaired) electrons. The minimum absolute atomic E-state index is 0.773. The highest BCUT2D eigenvalue weighted by Gasteiger charge is 2.61. The summed E-state index contributed by atoms with van der Waals surface area (Å²) in [5, 5.41) is 3.56. The molecule has 2 aliphatic carbocycles. The lowest BCUT2D eigenvalue weighted by Crippen LogP contribution is -2.59. The van der Waals surface area contributed by atoms with Gasteiger partial charge < -0.3 is 5.32 Å². The summed E-state index contributed by atoms with van der Waals surface area (Å²) >= 11 is 0. The number of hydrogen-bond donors (Lipinski definition) is 1. The zero-order valence-electron chi connectivity index (χ0n) is 9.44. The van der Waals surface area contributed by atoms with Crippen molar-refractivity contribution in [2.75, 3.05) is 13.1 Å². The molecule has 0 aromatic rings. The lowest BCUT2D eigenvalue weighted by atomic mass is 9.42. The van der Waals surface area contributed by atoms with Gasteiger partial charge in [-0.25, -0.2) is 0 Å². The minimum atomic E-state index is 0.773. The molecular formula is C13H23N. The van der Waals surface area contributed by atoms with E-state index in [1.54, 1.807) is 19.3 Å². The molecule has 1 saturated heterocycles. The Balaban J connectivity index is 1.87. The van der Waals surface area contributed by atoms with E-state index in [4.69, 9.17) is 0 Å². The Morgan fingerprint density at radius 1 is 1.00 bits per heavy atom. The number of piperidine rings is 1. The molecule has 0 amide bonds. The first-order valence-corrected chi connectivity index (χ1v) is 6.50. The summed E-state index contributed by atoms with van der Waals surface area (Å²) in [6.45, 7) is 5.05. The molecule has 3 aliphatic rings. The van der Waals surface area contributed by atoms with Crippen LogP contribution in [0.5, 0.6) is 0 Å². The summed E-state index contributed by atoms with van der Waals surface area (Å²) in [6.07, 6.45) is 10.7. The van der Waals surface area contributed by atoms with Crippen molar-refractivity contribution in [2.24, 2.45) is 16.7 Å². The molecule has 3 rings (SSSR count). The minimum Gasteiger partial charge on any atom is -0.316 e. The van der Waals surface area contributed by atoms with Crippen molar-refractivity contribution in [1.29, 1.82) is 0 Å². The highest BCUT2D eigenvalue weighted by Crippen LogP contribution is 2.69. The van der Waals surface area contributed by atoms with Crippen molar-refractivity contribution in [3.05, 3.63) is 0 Å². The van der Waals surface area contributed by atoms with Crippen molar-refractivity contribution in [1.82, 2.24) is 5.32 Å². The van der Waals surface area contributed by atoms with Gasteiger partial charge in [0, 0.05) is 0 Å². The summed E-state index contributed by atoms with van der Waals surface area (Å²) in [7, 11) is 0. The van der Waals surface area contributed by atoms with E-state index in [-0.39, 0.29) is 0 Å². The van der Waals surface area contributed by atoms with Gasteiger partial charge in [0.25, 0.3) is 0 Å². The van der Waals surface area contributed by atoms with Crippen LogP contribution >= 0.6 is 0 Å². The maximum absolute atomic E-state index is 3.56. The summed E-state index contributed by atoms with van der Waals surface area (Å²) in [4.78, 5) is 0. The van der Waals surface area contributed by atoms with E-state index in [0.717, 1.165) is 16.7 Å². The van der Waals surface area contributed by atoms with Crippen molar-refractivity contribution in [3.8, 4) is 0 Å². The Morgan fingerprint density at radius 3 is 2.36 bits per heavy atom. The Labute approximate surface area is 87.7 Å². The van der Waals surface area contributed by atoms with Crippen LogP contribution in [-0.2, 0) is 0 Å². The smallest absolute Gasteiger partial charge is 0.00176 e. The monoisotopic (exact) mass is 193 g/mol. The number of hydrogen-bond acceptors (Lipinski definition) is 1. The Bertz CT molecular complexity index is 229. The molecule has 2 unspecified atom stereocenters. The third kappa shape index (κ3) is 0.946. The summed E-state index contributed by atoms with van der Waals surface area (Å²) < 4.78 is 0. The van der Waals surface area contributed by atoms with Crippen LogP contribution in [0.2, 0.25) is 0 Å². The number of rotatable bonds is 0. The average Bonchev–Trinajstić information content (AvgIpc) is 2.68. The maximum Gasteiger partial charge on any atom is -0.00176 e. The van der Waals surface area contributed by atoms with E-state index in [1.807, 2.05) is 0 Å². The van der Waals surface area contributed by atoms with Crippen LogP contribution in [0.25, 0.3) is 0 Å². The van der Waals surface area contributed by atoms with Gasteiger partial charge in [-0.15, -0.1) is 0 Å². The number of nitrogens with one attached hydrogen (secondary N) is 1. The van der Waals surface area contributed by atoms with E-state index in [0.29, 0.717) is 0 Å². The first kappa shape index (κ1) is 9.21. The van der Waals surface area contributed by atoms with Gasteiger partial charge in [-0.3, -0.25) is 0 Å². The summed E-state index contributed by atoms with van der Waals surface area (Å²) in [5.74, 6) is 0.933. The van der Waals surface area contributed by atoms with Gasteiger partial charge in [0.15, 0.2) is 0 Å². The fraction of sp³-hybridized carbons (Fsp3) is 1.00. The molecule has 0 aromatic heterocycles. The predicted octanol–water partition coefficient (Wildman–Crippen LogP) is 2.96. The topological polar surface area (TPSA) is 12.0 Å². The second-order valence-electron chi connectivity index (χ2n) is 6.00. The van der Waals surface area contributed by atoms with Crippen LogP contribution < -0.4 is 5.32 Å². The third-order valence-electron chi connectivity index (χ3n) is 5.81. The molecule has 80 valence electrons. The van der Waals surface area contributed by atoms with Crippen molar-refractivity contribution in [3.63, 3.8) is 0 Å². The van der Waals surface area contributed by atoms with E-state index in [1.165, 1.54) is 38.8 Å². The zero-order chi connectivity index (χ0) is 9.65. The zero-order valence-corrected chi connectivity index (χ0v) is 9.44. The normalized spacial score (nSPS) is 45.6. The lowest BCUT2D eigenvalue weighted by Gasteiger charge is -2.63. The van der Waals surface area contributed by atoms with E-state index in [2.05, 4.69) is 12.2 Å². The van der Waals surface area contributed by atoms with Crippen molar-refractivity contribution >= 4 is 0 Å². The van der Waals surface area contributed by atoms with E-state index < -0.39 is 0 Å². The molecule has 14 heavy (non-hydrogen) atoms. The second-order valence-corrected chi connectivity index (χ2v) is 6.00. The van der Waals surface area contributed by atoms with Gasteiger partial charge in [-0.05, 0) is 61.9 Å². The Morgan fingerprint density at radius 2 is 1.79 bits per heavy atom. The van der Waals surface area contributed by atoms with Gasteiger partial charge in [0.1, 0.15) is 0 Å². The molecule has 0 bridgehead atoms. The molecule has 1 N–H and O–H groups in total. The first-order valence-electron chi connectivity index (χ1n) is 6.50. The largest absolute Gasteiger partial charge is 0.316 e. The number of fused-ring (bicyclic) bond motifs is 1. The standard InChI is InChI=1S/C13H23N/c1-11-10-14-9-8-13(11)7-6-12(13)4-2-3-5-12/h11,14H,2-10H2,1H3. The third-order valence-corrected chi connectivity index (χ3v) is 5.81. The predicted molar refractivity (Wildman–Crippen MR) is 59.2 cm³/mol. The van der Waals surface area contributed by atoms with Crippen LogP contribution in [0, 0.1) is 16.7 Å². The van der Waals surface area contributed by atoms with Gasteiger partial charge in [0.2, 0.25) is 0 Å². The summed E-state index contributed by atoms with van der Waals surface area (Å²) in [5.41, 5.74) is 1.59. The van der Waals surface area contributed by atoms with Gasteiger partial charge >= 0.3 is 0 Å². The van der Waals surface area contributed by atoms with E-state index >= 15 is 0 Å². The quantitative estimate of drug-likeness (QED) is 0.623. The van der Waals surface area contributed by atoms with Gasteiger partial charge in [0.05, 0.1) is 0 Å². The molecule has 2 spiro atoms. The highest BCUT2D eigenvalue weighted by atomic mass is 14.9. The molecule has 2 atom stereocenters. The molecule has 1 nitrogen and oxygen atoms in total. The van der Waals surface area contributed by atoms with Gasteiger partial charge in [-0.2, -0.15) is 0 Å². The van der Waals surface area contributed by atoms with Crippen molar-refractivity contribution < 1.29 is 0 Å². The van der Waals surface area contributed by atoms with Crippen LogP contribution in [0.3, 0.4) is 0 Å². The molecule has 3 fully saturated rings. The SMILES string of the molecule is CC1CNCCC12CCC21CCCC1. The molecular weight excluding hydrogens is 170 g/mol. The molecule has 0 aromatic carbocycles. The summed E-state index contributed by atoms with van der Waals surface area (Å²) in [6, 6.07) is 0. The second kappa shape index (κ2) is 2.98.